The Labute approximate surface area is 216 Å². The molecule has 0 radical (unpaired) electrons. The molecular formula is C24H25Cl2F3N4O3. The fourth-order valence-electron chi connectivity index (χ4n) is 5.11. The van der Waals surface area contributed by atoms with Gasteiger partial charge in [0.25, 0.3) is 0 Å². The number of anilines is 1. The molecule has 0 saturated carbocycles. The molecule has 7 nitrogen and oxygen atoms in total. The fraction of sp³-hybridized carbons (Fsp3) is 0.458. The highest BCUT2D eigenvalue weighted by Gasteiger charge is 2.55. The maximum atomic E-state index is 14.2. The Morgan fingerprint density at radius 2 is 1.78 bits per heavy atom. The van der Waals surface area contributed by atoms with Crippen molar-refractivity contribution in [1.82, 2.24) is 14.8 Å². The van der Waals surface area contributed by atoms with Crippen LogP contribution in [-0.2, 0) is 4.79 Å². The van der Waals surface area contributed by atoms with E-state index in [1.54, 1.807) is 42.5 Å². The first kappa shape index (κ1) is 26.3. The molecule has 4 rings (SSSR count). The Balaban J connectivity index is 1.61. The molecule has 5 atom stereocenters. The number of likely N-dealkylation sites (N-methyl/N-ethyl adjacent to an activating group) is 1. The zero-order valence-electron chi connectivity index (χ0n) is 19.3. The van der Waals surface area contributed by atoms with E-state index in [4.69, 9.17) is 23.2 Å². The van der Waals surface area contributed by atoms with Crippen molar-refractivity contribution in [3.63, 3.8) is 0 Å². The van der Waals surface area contributed by atoms with Crippen LogP contribution in [0, 0.1) is 11.8 Å². The van der Waals surface area contributed by atoms with E-state index in [2.05, 4.69) is 4.98 Å². The van der Waals surface area contributed by atoms with Gasteiger partial charge >= 0.3 is 12.3 Å². The molecule has 1 aromatic heterocycles. The summed E-state index contributed by atoms with van der Waals surface area (Å²) in [5.41, 5.74) is 0.743. The van der Waals surface area contributed by atoms with Crippen molar-refractivity contribution in [3.05, 3.63) is 59.2 Å². The molecule has 3 heterocycles. The standard InChI is InChI=1S/C24H25Cl2F3N4O3/c1-31(23(35)36)19-13-33(10-16(19)14-5-7-15(25)8-6-14)22(34)21-17(24(27,28)29)11-32(12-18(21)26)20-4-2-3-9-30-20/h2-9,16-19,21H,10-13H2,1H3,(H,35,36)/t16-,17?,18?,19+,21?/m0/s1. The van der Waals surface area contributed by atoms with Crippen LogP contribution in [0.15, 0.2) is 48.7 Å². The van der Waals surface area contributed by atoms with Gasteiger partial charge in [-0.05, 0) is 29.8 Å². The maximum absolute atomic E-state index is 14.2. The van der Waals surface area contributed by atoms with Crippen molar-refractivity contribution in [2.24, 2.45) is 11.8 Å². The van der Waals surface area contributed by atoms with E-state index in [0.29, 0.717) is 10.8 Å². The number of alkyl halides is 4. The summed E-state index contributed by atoms with van der Waals surface area (Å²) in [7, 11) is 1.39. The molecular weight excluding hydrogens is 520 g/mol. The number of likely N-dealkylation sites (tertiary alicyclic amines) is 1. The lowest BCUT2D eigenvalue weighted by molar-refractivity contribution is -0.194. The highest BCUT2D eigenvalue weighted by Crippen LogP contribution is 2.42. The van der Waals surface area contributed by atoms with Crippen LogP contribution in [0.25, 0.3) is 0 Å². The van der Waals surface area contributed by atoms with Crippen molar-refractivity contribution in [2.75, 3.05) is 38.1 Å². The minimum Gasteiger partial charge on any atom is -0.465 e. The van der Waals surface area contributed by atoms with E-state index in [1.807, 2.05) is 0 Å². The summed E-state index contributed by atoms with van der Waals surface area (Å²) >= 11 is 12.5. The lowest BCUT2D eigenvalue weighted by Gasteiger charge is -2.43. The van der Waals surface area contributed by atoms with Gasteiger partial charge in [-0.2, -0.15) is 13.2 Å². The maximum Gasteiger partial charge on any atom is 0.407 e. The quantitative estimate of drug-likeness (QED) is 0.571. The summed E-state index contributed by atoms with van der Waals surface area (Å²) in [4.78, 5) is 33.3. The topological polar surface area (TPSA) is 77.0 Å². The van der Waals surface area contributed by atoms with Gasteiger partial charge in [0.15, 0.2) is 0 Å². The number of amides is 2. The monoisotopic (exact) mass is 544 g/mol. The lowest BCUT2D eigenvalue weighted by Crippen LogP contribution is -2.57. The van der Waals surface area contributed by atoms with Crippen molar-refractivity contribution >= 4 is 41.0 Å². The third kappa shape index (κ3) is 5.34. The van der Waals surface area contributed by atoms with Gasteiger partial charge in [0.1, 0.15) is 5.82 Å². The van der Waals surface area contributed by atoms with E-state index in [9.17, 15) is 27.9 Å². The predicted octanol–water partition coefficient (Wildman–Crippen LogP) is 4.56. The van der Waals surface area contributed by atoms with Gasteiger partial charge in [0.2, 0.25) is 5.91 Å². The number of nitrogens with zero attached hydrogens (tertiary/aromatic N) is 4. The van der Waals surface area contributed by atoms with E-state index in [1.165, 1.54) is 23.0 Å². The van der Waals surface area contributed by atoms with E-state index in [-0.39, 0.29) is 19.6 Å². The molecule has 12 heteroatoms. The Morgan fingerprint density at radius 1 is 1.08 bits per heavy atom. The average molecular weight is 545 g/mol. The van der Waals surface area contributed by atoms with Gasteiger partial charge in [-0.25, -0.2) is 9.78 Å². The molecule has 194 valence electrons. The second-order valence-corrected chi connectivity index (χ2v) is 10.1. The Morgan fingerprint density at radius 3 is 2.36 bits per heavy atom. The van der Waals surface area contributed by atoms with Gasteiger partial charge in [-0.1, -0.05) is 29.8 Å². The number of carbonyl (C=O) groups is 2. The number of hydrogen-bond acceptors (Lipinski definition) is 4. The third-order valence-corrected chi connectivity index (χ3v) is 7.67. The third-order valence-electron chi connectivity index (χ3n) is 7.01. The molecule has 0 spiro atoms. The van der Waals surface area contributed by atoms with Crippen LogP contribution in [0.1, 0.15) is 11.5 Å². The number of benzene rings is 1. The normalized spacial score (nSPS) is 26.7. The number of rotatable bonds is 4. The SMILES string of the molecule is CN(C(=O)O)[C@@H]1CN(C(=O)C2C(Cl)CN(c3ccccn3)CC2C(F)(F)F)C[C@H]1c1ccc(Cl)cc1. The number of hydrogen-bond donors (Lipinski definition) is 1. The van der Waals surface area contributed by atoms with Crippen LogP contribution in [0.5, 0.6) is 0 Å². The summed E-state index contributed by atoms with van der Waals surface area (Å²) in [5.74, 6) is -4.31. The smallest absolute Gasteiger partial charge is 0.407 e. The molecule has 2 fully saturated rings. The molecule has 2 aromatic rings. The van der Waals surface area contributed by atoms with Gasteiger partial charge in [-0.15, -0.1) is 11.6 Å². The van der Waals surface area contributed by atoms with Crippen molar-refractivity contribution in [1.29, 1.82) is 0 Å². The van der Waals surface area contributed by atoms with Gasteiger partial charge in [0.05, 0.1) is 23.3 Å². The number of carboxylic acid groups (broad SMARTS) is 1. The van der Waals surface area contributed by atoms with E-state index in [0.717, 1.165) is 10.5 Å². The van der Waals surface area contributed by atoms with Crippen LogP contribution in [-0.4, -0.2) is 82.7 Å². The molecule has 36 heavy (non-hydrogen) atoms. The van der Waals surface area contributed by atoms with E-state index >= 15 is 0 Å². The average Bonchev–Trinajstić information content (AvgIpc) is 3.28. The number of aromatic nitrogens is 1. The van der Waals surface area contributed by atoms with Gasteiger partial charge in [0, 0.05) is 50.4 Å². The minimum absolute atomic E-state index is 0.0223. The molecule has 2 aliphatic rings. The first-order valence-corrected chi connectivity index (χ1v) is 12.2. The lowest BCUT2D eigenvalue weighted by atomic mass is 9.83. The second kappa shape index (κ2) is 10.3. The fourth-order valence-corrected chi connectivity index (χ4v) is 5.69. The molecule has 3 unspecified atom stereocenters. The highest BCUT2D eigenvalue weighted by atomic mass is 35.5. The first-order chi connectivity index (χ1) is 17.0. The van der Waals surface area contributed by atoms with Crippen LogP contribution in [0.3, 0.4) is 0 Å². The number of halogens is 5. The summed E-state index contributed by atoms with van der Waals surface area (Å²) in [6.45, 7) is -0.400. The zero-order valence-corrected chi connectivity index (χ0v) is 20.8. The van der Waals surface area contributed by atoms with Crippen molar-refractivity contribution in [3.8, 4) is 0 Å². The zero-order chi connectivity index (χ0) is 26.2. The van der Waals surface area contributed by atoms with Crippen LogP contribution in [0.4, 0.5) is 23.8 Å². The second-order valence-electron chi connectivity index (χ2n) is 9.14. The van der Waals surface area contributed by atoms with Crippen LogP contribution < -0.4 is 4.90 Å². The molecule has 2 aliphatic heterocycles. The number of carbonyl (C=O) groups excluding carboxylic acids is 1. The van der Waals surface area contributed by atoms with E-state index < -0.39 is 53.9 Å². The molecule has 2 saturated heterocycles. The molecule has 2 amide bonds. The summed E-state index contributed by atoms with van der Waals surface area (Å²) in [6.07, 6.45) is -4.38. The Bertz CT molecular complexity index is 1090. The predicted molar refractivity (Wildman–Crippen MR) is 129 cm³/mol. The summed E-state index contributed by atoms with van der Waals surface area (Å²) < 4.78 is 42.6. The van der Waals surface area contributed by atoms with Crippen molar-refractivity contribution < 1.29 is 27.9 Å². The molecule has 1 N–H and O–H groups in total. The first-order valence-electron chi connectivity index (χ1n) is 11.3. The summed E-state index contributed by atoms with van der Waals surface area (Å²) in [6, 6.07) is 11.1. The molecule has 0 aliphatic carbocycles. The highest BCUT2D eigenvalue weighted by molar-refractivity contribution is 6.30. The Kier molecular flexibility index (Phi) is 7.56. The van der Waals surface area contributed by atoms with Gasteiger partial charge < -0.3 is 19.8 Å². The molecule has 1 aromatic carbocycles. The largest absolute Gasteiger partial charge is 0.465 e. The van der Waals surface area contributed by atoms with Crippen molar-refractivity contribution in [2.45, 2.75) is 23.5 Å². The number of pyridine rings is 1. The Hall–Kier alpha value is -2.72. The van der Waals surface area contributed by atoms with Gasteiger partial charge in [-0.3, -0.25) is 4.79 Å². The summed E-state index contributed by atoms with van der Waals surface area (Å²) in [5, 5.41) is 8.94. The number of piperidine rings is 1. The van der Waals surface area contributed by atoms with Crippen LogP contribution in [0.2, 0.25) is 5.02 Å². The minimum atomic E-state index is -4.67. The van der Waals surface area contributed by atoms with Crippen LogP contribution >= 0.6 is 23.2 Å². The molecule has 0 bridgehead atoms.